The van der Waals surface area contributed by atoms with Crippen LogP contribution in [0.1, 0.15) is 17.0 Å². The van der Waals surface area contributed by atoms with Crippen LogP contribution in [0.3, 0.4) is 0 Å². The van der Waals surface area contributed by atoms with Crippen LogP contribution < -0.4 is 10.1 Å². The highest BCUT2D eigenvalue weighted by Gasteiger charge is 2.16. The van der Waals surface area contributed by atoms with Crippen molar-refractivity contribution in [3.63, 3.8) is 0 Å². The fourth-order valence-electron chi connectivity index (χ4n) is 2.79. The van der Waals surface area contributed by atoms with Crippen molar-refractivity contribution < 1.29 is 14.5 Å². The summed E-state index contributed by atoms with van der Waals surface area (Å²) in [5.74, 6) is 0.911. The van der Waals surface area contributed by atoms with Gasteiger partial charge in [0.05, 0.1) is 10.7 Å². The molecule has 0 bridgehead atoms. The van der Waals surface area contributed by atoms with E-state index in [1.165, 1.54) is 23.9 Å². The summed E-state index contributed by atoms with van der Waals surface area (Å²) in [5.41, 5.74) is 1.84. The summed E-state index contributed by atoms with van der Waals surface area (Å²) < 4.78 is 7.54. The number of nitrogens with one attached hydrogen (secondary N) is 1. The maximum absolute atomic E-state index is 12.2. The quantitative estimate of drug-likeness (QED) is 0.302. The second-order valence-electron chi connectivity index (χ2n) is 6.73. The number of hydrogen-bond acceptors (Lipinski definition) is 7. The van der Waals surface area contributed by atoms with Crippen LogP contribution in [0, 0.1) is 24.0 Å². The van der Waals surface area contributed by atoms with Crippen molar-refractivity contribution in [2.24, 2.45) is 7.05 Å². The van der Waals surface area contributed by atoms with E-state index in [9.17, 15) is 14.9 Å². The van der Waals surface area contributed by atoms with Gasteiger partial charge in [-0.05, 0) is 43.2 Å². The van der Waals surface area contributed by atoms with Crippen LogP contribution in [0.25, 0.3) is 0 Å². The number of hydrogen-bond donors (Lipinski definition) is 1. The van der Waals surface area contributed by atoms with Crippen LogP contribution in [0.5, 0.6) is 5.75 Å². The zero-order valence-corrected chi connectivity index (χ0v) is 18.7. The Balaban J connectivity index is 1.58. The molecule has 1 heterocycles. The number of nitro benzene ring substituents is 1. The number of amides is 1. The second-order valence-corrected chi connectivity index (χ2v) is 8.05. The van der Waals surface area contributed by atoms with Crippen LogP contribution in [-0.2, 0) is 18.4 Å². The van der Waals surface area contributed by atoms with Gasteiger partial charge in [0.1, 0.15) is 18.0 Å². The Labute approximate surface area is 187 Å². The molecule has 0 spiro atoms. The largest absolute Gasteiger partial charge is 0.486 e. The standard InChI is InChI=1S/C20H20ClN5O4S/c1-12-8-14(9-13(2)19(12)21)30-10-17-23-24-20(25(17)3)31-11-18(27)22-15-6-4-5-7-16(15)26(28)29/h4-9H,10-11H2,1-3H3,(H,22,27). The van der Waals surface area contributed by atoms with Gasteiger partial charge in [0.2, 0.25) is 5.91 Å². The minimum Gasteiger partial charge on any atom is -0.486 e. The lowest BCUT2D eigenvalue weighted by atomic mass is 10.1. The number of anilines is 1. The molecule has 3 aromatic rings. The van der Waals surface area contributed by atoms with Crippen molar-refractivity contribution in [2.75, 3.05) is 11.1 Å². The van der Waals surface area contributed by atoms with E-state index in [0.717, 1.165) is 11.1 Å². The molecular formula is C20H20ClN5O4S. The molecule has 0 unspecified atom stereocenters. The maximum Gasteiger partial charge on any atom is 0.292 e. The van der Waals surface area contributed by atoms with Crippen LogP contribution in [-0.4, -0.2) is 31.3 Å². The summed E-state index contributed by atoms with van der Waals surface area (Å²) in [7, 11) is 1.78. The van der Waals surface area contributed by atoms with Crippen molar-refractivity contribution in [2.45, 2.75) is 25.6 Å². The van der Waals surface area contributed by atoms with Gasteiger partial charge in [0.25, 0.3) is 5.69 Å². The zero-order valence-electron chi connectivity index (χ0n) is 17.1. The predicted molar refractivity (Wildman–Crippen MR) is 119 cm³/mol. The van der Waals surface area contributed by atoms with E-state index >= 15 is 0 Å². The normalized spacial score (nSPS) is 10.7. The molecule has 11 heteroatoms. The Morgan fingerprint density at radius 1 is 1.26 bits per heavy atom. The van der Waals surface area contributed by atoms with Crippen molar-refractivity contribution in [3.8, 4) is 5.75 Å². The average molecular weight is 462 g/mol. The second kappa shape index (κ2) is 9.80. The third-order valence-electron chi connectivity index (χ3n) is 4.41. The highest BCUT2D eigenvalue weighted by Crippen LogP contribution is 2.27. The summed E-state index contributed by atoms with van der Waals surface area (Å²) in [4.78, 5) is 22.7. The first-order chi connectivity index (χ1) is 14.8. The molecule has 0 saturated heterocycles. The van der Waals surface area contributed by atoms with Crippen molar-refractivity contribution in [3.05, 3.63) is 68.5 Å². The number of nitrogens with zero attached hydrogens (tertiary/aromatic N) is 4. The molecule has 1 N–H and O–H groups in total. The number of aryl methyl sites for hydroxylation is 2. The Morgan fingerprint density at radius 3 is 2.61 bits per heavy atom. The fraction of sp³-hybridized carbons (Fsp3) is 0.250. The molecule has 162 valence electrons. The first-order valence-corrected chi connectivity index (χ1v) is 10.6. The molecule has 0 radical (unpaired) electrons. The van der Waals surface area contributed by atoms with E-state index in [1.54, 1.807) is 23.7 Å². The lowest BCUT2D eigenvalue weighted by Crippen LogP contribution is -2.15. The number of thioether (sulfide) groups is 1. The molecule has 0 atom stereocenters. The number of benzene rings is 2. The van der Waals surface area contributed by atoms with E-state index in [4.69, 9.17) is 16.3 Å². The Bertz CT molecular complexity index is 1110. The molecule has 0 fully saturated rings. The molecule has 1 amide bonds. The number of nitro groups is 1. The van der Waals surface area contributed by atoms with E-state index in [1.807, 2.05) is 26.0 Å². The van der Waals surface area contributed by atoms with Gasteiger partial charge in [0, 0.05) is 18.1 Å². The number of para-hydroxylation sites is 2. The van der Waals surface area contributed by atoms with Gasteiger partial charge in [-0.1, -0.05) is 35.5 Å². The summed E-state index contributed by atoms with van der Waals surface area (Å²) in [6.07, 6.45) is 0. The molecule has 2 aromatic carbocycles. The Kier molecular flexibility index (Phi) is 7.13. The number of halogens is 1. The number of ether oxygens (including phenoxy) is 1. The maximum atomic E-state index is 12.2. The number of aromatic nitrogens is 3. The number of carbonyl (C=O) groups is 1. The van der Waals surface area contributed by atoms with E-state index in [0.29, 0.717) is 21.8 Å². The lowest BCUT2D eigenvalue weighted by molar-refractivity contribution is -0.383. The molecule has 31 heavy (non-hydrogen) atoms. The predicted octanol–water partition coefficient (Wildman–Crippen LogP) is 4.30. The van der Waals surface area contributed by atoms with Crippen LogP contribution in [0.4, 0.5) is 11.4 Å². The summed E-state index contributed by atoms with van der Waals surface area (Å²) >= 11 is 7.35. The molecule has 0 aliphatic rings. The summed E-state index contributed by atoms with van der Waals surface area (Å²) in [5, 5.41) is 23.1. The monoisotopic (exact) mass is 461 g/mol. The molecule has 1 aromatic heterocycles. The number of rotatable bonds is 8. The Morgan fingerprint density at radius 2 is 1.94 bits per heavy atom. The fourth-order valence-corrected chi connectivity index (χ4v) is 3.63. The molecule has 0 saturated carbocycles. The molecule has 9 nitrogen and oxygen atoms in total. The van der Waals surface area contributed by atoms with Crippen molar-refractivity contribution in [1.82, 2.24) is 14.8 Å². The smallest absolute Gasteiger partial charge is 0.292 e. The summed E-state index contributed by atoms with van der Waals surface area (Å²) in [6, 6.07) is 9.69. The van der Waals surface area contributed by atoms with E-state index < -0.39 is 4.92 Å². The van der Waals surface area contributed by atoms with Gasteiger partial charge in [-0.2, -0.15) is 0 Å². The average Bonchev–Trinajstić information content (AvgIpc) is 3.08. The van der Waals surface area contributed by atoms with Gasteiger partial charge in [0.15, 0.2) is 11.0 Å². The SMILES string of the molecule is Cc1cc(OCc2nnc(SCC(=O)Nc3ccccc3[N+](=O)[O-])n2C)cc(C)c1Cl. The van der Waals surface area contributed by atoms with Crippen molar-refractivity contribution in [1.29, 1.82) is 0 Å². The van der Waals surface area contributed by atoms with Crippen LogP contribution in [0.15, 0.2) is 41.6 Å². The number of carbonyl (C=O) groups excluding carboxylic acids is 1. The van der Waals surface area contributed by atoms with Crippen LogP contribution in [0.2, 0.25) is 5.02 Å². The van der Waals surface area contributed by atoms with Gasteiger partial charge in [-0.3, -0.25) is 14.9 Å². The third-order valence-corrected chi connectivity index (χ3v) is 6.03. The van der Waals surface area contributed by atoms with Gasteiger partial charge in [-0.15, -0.1) is 10.2 Å². The zero-order chi connectivity index (χ0) is 22.5. The van der Waals surface area contributed by atoms with E-state index in [2.05, 4.69) is 15.5 Å². The highest BCUT2D eigenvalue weighted by molar-refractivity contribution is 7.99. The molecule has 0 aliphatic carbocycles. The van der Waals surface area contributed by atoms with Crippen molar-refractivity contribution >= 4 is 40.6 Å². The molecular weight excluding hydrogens is 442 g/mol. The van der Waals surface area contributed by atoms with E-state index in [-0.39, 0.29) is 29.6 Å². The van der Waals surface area contributed by atoms with Gasteiger partial charge in [-0.25, -0.2) is 0 Å². The third kappa shape index (κ3) is 5.53. The minimum atomic E-state index is -0.540. The molecule has 0 aliphatic heterocycles. The first-order valence-electron chi connectivity index (χ1n) is 9.20. The molecule has 3 rings (SSSR count). The first kappa shape index (κ1) is 22.6. The minimum absolute atomic E-state index is 0.0223. The Hall–Kier alpha value is -3.11. The lowest BCUT2D eigenvalue weighted by Gasteiger charge is -2.10. The van der Waals surface area contributed by atoms with Gasteiger partial charge < -0.3 is 14.6 Å². The van der Waals surface area contributed by atoms with Gasteiger partial charge >= 0.3 is 0 Å². The highest BCUT2D eigenvalue weighted by atomic mass is 35.5. The summed E-state index contributed by atoms with van der Waals surface area (Å²) in [6.45, 7) is 4.02. The van der Waals surface area contributed by atoms with Crippen LogP contribution >= 0.6 is 23.4 Å². The topological polar surface area (TPSA) is 112 Å².